The minimum Gasteiger partial charge on any atom is -0.465 e. The van der Waals surface area contributed by atoms with Crippen molar-refractivity contribution < 1.29 is 27.9 Å². The molecule has 40 heavy (non-hydrogen) atoms. The third-order valence-electron chi connectivity index (χ3n) is 5.97. The zero-order valence-electron chi connectivity index (χ0n) is 21.7. The second-order valence-electron chi connectivity index (χ2n) is 8.83. The molecule has 0 aromatic heterocycles. The van der Waals surface area contributed by atoms with E-state index in [0.29, 0.717) is 41.6 Å². The number of rotatable bonds is 13. The van der Waals surface area contributed by atoms with Crippen LogP contribution in [0.25, 0.3) is 0 Å². The van der Waals surface area contributed by atoms with Gasteiger partial charge in [0.05, 0.1) is 37.7 Å². The summed E-state index contributed by atoms with van der Waals surface area (Å²) in [6, 6.07) is 9.83. The summed E-state index contributed by atoms with van der Waals surface area (Å²) in [7, 11) is -4.15. The topological polar surface area (TPSA) is 148 Å². The zero-order chi connectivity index (χ0) is 29.4. The summed E-state index contributed by atoms with van der Waals surface area (Å²) in [6.45, 7) is 5.23. The summed E-state index contributed by atoms with van der Waals surface area (Å²) >= 11 is 12.2. The molecule has 14 heteroatoms. The van der Waals surface area contributed by atoms with E-state index in [1.165, 1.54) is 23.1 Å². The number of benzene rings is 2. The van der Waals surface area contributed by atoms with Gasteiger partial charge in [0.2, 0.25) is 15.9 Å². The van der Waals surface area contributed by atoms with E-state index in [2.05, 4.69) is 22.2 Å². The number of nitrogens with one attached hydrogen (secondary N) is 2. The molecule has 0 radical (unpaired) electrons. The summed E-state index contributed by atoms with van der Waals surface area (Å²) in [4.78, 5) is 41.3. The van der Waals surface area contributed by atoms with E-state index in [1.807, 2.05) is 0 Å². The predicted octanol–water partition coefficient (Wildman–Crippen LogP) is 2.69. The average molecular weight is 611 g/mol. The molecule has 1 aliphatic heterocycles. The summed E-state index contributed by atoms with van der Waals surface area (Å²) in [5, 5.41) is 15.0. The highest BCUT2D eigenvalue weighted by atomic mass is 35.5. The normalized spacial score (nSPS) is 13.3. The van der Waals surface area contributed by atoms with Gasteiger partial charge in [0.25, 0.3) is 0 Å². The number of aliphatic imine (C=N–C) groups is 1. The van der Waals surface area contributed by atoms with Crippen LogP contribution in [0.15, 0.2) is 58.9 Å². The highest BCUT2D eigenvalue weighted by molar-refractivity contribution is 7.89. The van der Waals surface area contributed by atoms with E-state index >= 15 is 0 Å². The molecule has 0 fully saturated rings. The summed E-state index contributed by atoms with van der Waals surface area (Å²) in [5.74, 6) is -0.568. The van der Waals surface area contributed by atoms with Crippen molar-refractivity contribution in [3.8, 4) is 0 Å². The van der Waals surface area contributed by atoms with Crippen molar-refractivity contribution in [2.45, 2.75) is 18.4 Å². The van der Waals surface area contributed by atoms with Crippen LogP contribution < -0.4 is 10.6 Å². The average Bonchev–Trinajstić information content (AvgIpc) is 3.41. The number of Topliss-reactive ketones (excluding diaryl/α,β-unsaturated/α-hetero) is 1. The number of nitrogens with zero attached hydrogens (tertiary/aromatic N) is 3. The van der Waals surface area contributed by atoms with Crippen LogP contribution >= 0.6 is 23.2 Å². The molecule has 2 aromatic carbocycles. The van der Waals surface area contributed by atoms with Crippen molar-refractivity contribution in [3.63, 3.8) is 0 Å². The second-order valence-corrected chi connectivity index (χ2v) is 11.5. The number of amides is 2. The molecule has 0 saturated carbocycles. The van der Waals surface area contributed by atoms with Crippen LogP contribution in [0.5, 0.6) is 0 Å². The maximum Gasteiger partial charge on any atom is 0.413 e. The van der Waals surface area contributed by atoms with Crippen LogP contribution in [0.1, 0.15) is 16.7 Å². The number of amidine groups is 1. The first-order valence-corrected chi connectivity index (χ1v) is 14.3. The Labute approximate surface area is 242 Å². The fourth-order valence-corrected chi connectivity index (χ4v) is 5.99. The molecule has 214 valence electrons. The molecule has 2 aromatic rings. The van der Waals surface area contributed by atoms with E-state index in [0.717, 1.165) is 9.87 Å². The number of hydrogen-bond acceptors (Lipinski definition) is 7. The molecule has 0 atom stereocenters. The third kappa shape index (κ3) is 7.67. The number of hydrogen-bond donors (Lipinski definition) is 3. The molecule has 0 unspecified atom stereocenters. The van der Waals surface area contributed by atoms with Gasteiger partial charge in [0.1, 0.15) is 10.7 Å². The van der Waals surface area contributed by atoms with E-state index in [-0.39, 0.29) is 35.3 Å². The van der Waals surface area contributed by atoms with Crippen molar-refractivity contribution in [2.75, 3.05) is 39.3 Å². The molecule has 0 aliphatic carbocycles. The molecule has 0 spiro atoms. The van der Waals surface area contributed by atoms with Gasteiger partial charge in [0, 0.05) is 23.7 Å². The number of ketones is 1. The highest BCUT2D eigenvalue weighted by Crippen LogP contribution is 2.32. The molecule has 1 aliphatic rings. The lowest BCUT2D eigenvalue weighted by atomic mass is 10.1. The van der Waals surface area contributed by atoms with Crippen LogP contribution in [0.2, 0.25) is 10.0 Å². The summed E-state index contributed by atoms with van der Waals surface area (Å²) in [6.07, 6.45) is 0.288. The molecule has 0 saturated heterocycles. The summed E-state index contributed by atoms with van der Waals surface area (Å²) < 4.78 is 27.2. The molecule has 11 nitrogen and oxygen atoms in total. The van der Waals surface area contributed by atoms with Gasteiger partial charge < -0.3 is 15.7 Å². The van der Waals surface area contributed by atoms with Gasteiger partial charge in [-0.3, -0.25) is 19.5 Å². The van der Waals surface area contributed by atoms with Crippen molar-refractivity contribution in [1.82, 2.24) is 19.8 Å². The van der Waals surface area contributed by atoms with Gasteiger partial charge in [0.15, 0.2) is 5.78 Å². The largest absolute Gasteiger partial charge is 0.465 e. The molecule has 1 heterocycles. The number of carboxylic acid groups (broad SMARTS) is 1. The Balaban J connectivity index is 1.48. The standard InChI is InChI=1S/C26H29Cl2N5O6S/c1-3-11-32(40(38,39)22-9-8-21(27)17(2)24(22)28)16-23(35)31-15-20(34)14-29-13-18-4-6-19(7-5-18)25-30-10-12-33(25)26(36)37/h3-9,29H,1,10-16H2,2H3,(H,31,35)(H,36,37). The Bertz CT molecular complexity index is 1430. The van der Waals surface area contributed by atoms with E-state index in [4.69, 9.17) is 23.2 Å². The minimum absolute atomic E-state index is 0.0319. The molecule has 3 N–H and O–H groups in total. The van der Waals surface area contributed by atoms with Gasteiger partial charge in [-0.25, -0.2) is 13.2 Å². The van der Waals surface area contributed by atoms with Gasteiger partial charge in [-0.15, -0.1) is 6.58 Å². The van der Waals surface area contributed by atoms with E-state index in [9.17, 15) is 27.9 Å². The van der Waals surface area contributed by atoms with Crippen LogP contribution in [-0.2, 0) is 26.2 Å². The smallest absolute Gasteiger partial charge is 0.413 e. The lowest BCUT2D eigenvalue weighted by molar-refractivity contribution is -0.124. The lowest BCUT2D eigenvalue weighted by Crippen LogP contribution is -2.43. The monoisotopic (exact) mass is 609 g/mol. The SMILES string of the molecule is C=CCN(CC(=O)NCC(=O)CNCc1ccc(C2=NCCN2C(=O)O)cc1)S(=O)(=O)c1ccc(Cl)c(C)c1Cl. The van der Waals surface area contributed by atoms with Gasteiger partial charge >= 0.3 is 6.09 Å². The molecule has 2 amide bonds. The fraction of sp³-hybridized carbons (Fsp3) is 0.308. The molecular weight excluding hydrogens is 581 g/mol. The zero-order valence-corrected chi connectivity index (χ0v) is 24.0. The maximum absolute atomic E-state index is 13.2. The third-order valence-corrected chi connectivity index (χ3v) is 8.84. The lowest BCUT2D eigenvalue weighted by Gasteiger charge is -2.21. The summed E-state index contributed by atoms with van der Waals surface area (Å²) in [5.41, 5.74) is 1.94. The highest BCUT2D eigenvalue weighted by Gasteiger charge is 2.29. The van der Waals surface area contributed by atoms with Crippen LogP contribution in [0, 0.1) is 6.92 Å². The Morgan fingerprint density at radius 3 is 2.50 bits per heavy atom. The van der Waals surface area contributed by atoms with E-state index in [1.54, 1.807) is 31.2 Å². The Morgan fingerprint density at radius 2 is 1.85 bits per heavy atom. The number of halogens is 2. The first-order chi connectivity index (χ1) is 18.9. The Morgan fingerprint density at radius 1 is 1.15 bits per heavy atom. The van der Waals surface area contributed by atoms with Crippen molar-refractivity contribution in [1.29, 1.82) is 0 Å². The fourth-order valence-electron chi connectivity index (χ4n) is 3.84. The number of carbonyl (C=O) groups excluding carboxylic acids is 2. The van der Waals surface area contributed by atoms with Crippen LogP contribution in [0.3, 0.4) is 0 Å². The van der Waals surface area contributed by atoms with Gasteiger partial charge in [-0.05, 0) is 30.2 Å². The van der Waals surface area contributed by atoms with Crippen molar-refractivity contribution in [2.24, 2.45) is 4.99 Å². The first-order valence-electron chi connectivity index (χ1n) is 12.1. The van der Waals surface area contributed by atoms with Crippen molar-refractivity contribution in [3.05, 3.63) is 75.8 Å². The molecule has 0 bridgehead atoms. The number of carbonyl (C=O) groups is 3. The minimum atomic E-state index is -4.15. The molecule has 3 rings (SSSR count). The van der Waals surface area contributed by atoms with Gasteiger partial charge in [-0.1, -0.05) is 53.5 Å². The number of sulfonamides is 1. The Kier molecular flexibility index (Phi) is 10.8. The quantitative estimate of drug-likeness (QED) is 0.296. The predicted molar refractivity (Wildman–Crippen MR) is 152 cm³/mol. The van der Waals surface area contributed by atoms with Crippen molar-refractivity contribution >= 4 is 56.8 Å². The second kappa shape index (κ2) is 13.9. The molecular formula is C26H29Cl2N5O6S. The Hall–Kier alpha value is -3.29. The van der Waals surface area contributed by atoms with E-state index < -0.39 is 28.6 Å². The first kappa shape index (κ1) is 31.2. The van der Waals surface area contributed by atoms with Crippen LogP contribution in [-0.4, -0.2) is 85.6 Å². The maximum atomic E-state index is 13.2. The van der Waals surface area contributed by atoms with Gasteiger partial charge in [-0.2, -0.15) is 4.31 Å². The van der Waals surface area contributed by atoms with Crippen LogP contribution in [0.4, 0.5) is 4.79 Å².